The Morgan fingerprint density at radius 1 is 0.955 bits per heavy atom. The molecule has 0 aromatic heterocycles. The van der Waals surface area contributed by atoms with E-state index in [-0.39, 0.29) is 5.75 Å². The molecule has 2 N–H and O–H groups in total. The fraction of sp³-hybridized carbons (Fsp3) is 0.0556. The molecule has 0 spiro atoms. The highest BCUT2D eigenvalue weighted by molar-refractivity contribution is 5.85. The zero-order chi connectivity index (χ0) is 15.9. The van der Waals surface area contributed by atoms with E-state index in [2.05, 4.69) is 0 Å². The summed E-state index contributed by atoms with van der Waals surface area (Å²) >= 11 is 0. The lowest BCUT2D eigenvalue weighted by atomic mass is 10.1. The van der Waals surface area contributed by atoms with Gasteiger partial charge in [0, 0.05) is 6.08 Å². The quantitative estimate of drug-likeness (QED) is 0.652. The molecule has 0 saturated heterocycles. The zero-order valence-electron chi connectivity index (χ0n) is 12.1. The molecule has 0 atom stereocenters. The number of phenolic OH excluding ortho intramolecular Hbond substituents is 1. The van der Waals surface area contributed by atoms with Gasteiger partial charge >= 0.3 is 5.97 Å². The molecule has 4 nitrogen and oxygen atoms in total. The van der Waals surface area contributed by atoms with Crippen molar-refractivity contribution in [3.63, 3.8) is 0 Å². The summed E-state index contributed by atoms with van der Waals surface area (Å²) in [5, 5.41) is 18.1. The number of ether oxygens (including phenoxy) is 1. The first-order valence-corrected chi connectivity index (χ1v) is 6.64. The van der Waals surface area contributed by atoms with Crippen molar-refractivity contribution in [1.82, 2.24) is 0 Å². The number of aromatic hydroxyl groups is 1. The number of benzene rings is 2. The van der Waals surface area contributed by atoms with E-state index in [0.29, 0.717) is 5.75 Å². The maximum atomic E-state index is 10.4. The van der Waals surface area contributed by atoms with Crippen molar-refractivity contribution in [2.75, 3.05) is 7.11 Å². The molecule has 2 rings (SSSR count). The van der Waals surface area contributed by atoms with Crippen LogP contribution >= 0.6 is 0 Å². The van der Waals surface area contributed by atoms with Gasteiger partial charge in [0.1, 0.15) is 0 Å². The highest BCUT2D eigenvalue weighted by Gasteiger charge is 2.00. The number of aliphatic carboxylic acids is 1. The Morgan fingerprint density at radius 2 is 1.50 bits per heavy atom. The van der Waals surface area contributed by atoms with Crippen molar-refractivity contribution in [1.29, 1.82) is 0 Å². The van der Waals surface area contributed by atoms with Gasteiger partial charge in [-0.05, 0) is 34.9 Å². The molecule has 0 aliphatic heterocycles. The van der Waals surface area contributed by atoms with Crippen molar-refractivity contribution in [2.24, 2.45) is 0 Å². The van der Waals surface area contributed by atoms with Crippen LogP contribution < -0.4 is 4.74 Å². The van der Waals surface area contributed by atoms with Crippen LogP contribution in [-0.4, -0.2) is 23.3 Å². The summed E-state index contributed by atoms with van der Waals surface area (Å²) in [6.45, 7) is 0. The number of hydrogen-bond donors (Lipinski definition) is 2. The Kier molecular flexibility index (Phi) is 4.98. The molecule has 22 heavy (non-hydrogen) atoms. The van der Waals surface area contributed by atoms with E-state index < -0.39 is 5.97 Å². The maximum Gasteiger partial charge on any atom is 0.328 e. The average Bonchev–Trinajstić information content (AvgIpc) is 2.53. The van der Waals surface area contributed by atoms with E-state index in [1.54, 1.807) is 24.3 Å². The van der Waals surface area contributed by atoms with E-state index in [1.807, 2.05) is 36.4 Å². The van der Waals surface area contributed by atoms with Gasteiger partial charge in [0.15, 0.2) is 11.5 Å². The van der Waals surface area contributed by atoms with Crippen molar-refractivity contribution < 1.29 is 19.7 Å². The monoisotopic (exact) mass is 296 g/mol. The number of hydrogen-bond acceptors (Lipinski definition) is 3. The average molecular weight is 296 g/mol. The minimum Gasteiger partial charge on any atom is -0.504 e. The number of methoxy groups -OCH3 is 1. The lowest BCUT2D eigenvalue weighted by molar-refractivity contribution is -0.131. The Hall–Kier alpha value is -3.01. The Morgan fingerprint density at radius 3 is 2.09 bits per heavy atom. The maximum absolute atomic E-state index is 10.4. The van der Waals surface area contributed by atoms with Crippen molar-refractivity contribution in [3.8, 4) is 11.5 Å². The first-order chi connectivity index (χ1) is 10.6. The third-order valence-corrected chi connectivity index (χ3v) is 3.03. The third kappa shape index (κ3) is 4.24. The second kappa shape index (κ2) is 7.13. The molecule has 0 amide bonds. The molecule has 0 aliphatic carbocycles. The second-order valence-corrected chi connectivity index (χ2v) is 4.60. The molecular formula is C18H16O4. The molecule has 2 aromatic rings. The molecule has 0 radical (unpaired) electrons. The minimum absolute atomic E-state index is 0.106. The molecular weight excluding hydrogens is 280 g/mol. The van der Waals surface area contributed by atoms with Crippen molar-refractivity contribution in [3.05, 3.63) is 65.2 Å². The van der Waals surface area contributed by atoms with Gasteiger partial charge < -0.3 is 14.9 Å². The van der Waals surface area contributed by atoms with Gasteiger partial charge in [-0.3, -0.25) is 0 Å². The van der Waals surface area contributed by atoms with Crippen LogP contribution in [0, 0.1) is 0 Å². The zero-order valence-corrected chi connectivity index (χ0v) is 12.1. The topological polar surface area (TPSA) is 66.8 Å². The van der Waals surface area contributed by atoms with Crippen LogP contribution in [0.25, 0.3) is 18.2 Å². The van der Waals surface area contributed by atoms with Gasteiger partial charge in [0.2, 0.25) is 0 Å². The van der Waals surface area contributed by atoms with Crippen LogP contribution in [0.4, 0.5) is 0 Å². The van der Waals surface area contributed by atoms with Crippen LogP contribution in [0.1, 0.15) is 16.7 Å². The Balaban J connectivity index is 2.11. The first-order valence-electron chi connectivity index (χ1n) is 6.64. The standard InChI is InChI=1S/C18H16O4/c1-22-17-12-15(8-10-16(17)19)7-6-13-2-4-14(5-3-13)9-11-18(20)21/h2-12,19H,1H3,(H,20,21)/b7-6+,11-9+. The number of phenols is 1. The van der Waals surface area contributed by atoms with Gasteiger partial charge in [-0.2, -0.15) is 0 Å². The molecule has 0 saturated carbocycles. The molecule has 0 unspecified atom stereocenters. The summed E-state index contributed by atoms with van der Waals surface area (Å²) in [5.74, 6) is -0.434. The van der Waals surface area contributed by atoms with E-state index >= 15 is 0 Å². The first kappa shape index (κ1) is 15.4. The summed E-state index contributed by atoms with van der Waals surface area (Å²) in [6.07, 6.45) is 6.48. The lowest BCUT2D eigenvalue weighted by Crippen LogP contribution is -1.85. The lowest BCUT2D eigenvalue weighted by Gasteiger charge is -2.03. The summed E-state index contributed by atoms with van der Waals surface area (Å²) < 4.78 is 5.06. The molecule has 0 fully saturated rings. The number of carbonyl (C=O) groups is 1. The van der Waals surface area contributed by atoms with E-state index in [0.717, 1.165) is 22.8 Å². The van der Waals surface area contributed by atoms with Gasteiger partial charge in [0.05, 0.1) is 7.11 Å². The molecule has 0 aliphatic rings. The molecule has 4 heteroatoms. The molecule has 0 heterocycles. The number of carboxylic acid groups (broad SMARTS) is 1. The number of carboxylic acids is 1. The molecule has 112 valence electrons. The van der Waals surface area contributed by atoms with Gasteiger partial charge in [0.25, 0.3) is 0 Å². The van der Waals surface area contributed by atoms with Gasteiger partial charge in [-0.1, -0.05) is 42.5 Å². The normalized spacial score (nSPS) is 11.1. The largest absolute Gasteiger partial charge is 0.504 e. The highest BCUT2D eigenvalue weighted by atomic mass is 16.5. The van der Waals surface area contributed by atoms with E-state index in [9.17, 15) is 9.90 Å². The summed E-state index contributed by atoms with van der Waals surface area (Å²) in [5.41, 5.74) is 2.72. The van der Waals surface area contributed by atoms with Crippen LogP contribution in [-0.2, 0) is 4.79 Å². The van der Waals surface area contributed by atoms with Crippen LogP contribution in [0.15, 0.2) is 48.5 Å². The van der Waals surface area contributed by atoms with Crippen LogP contribution in [0.2, 0.25) is 0 Å². The summed E-state index contributed by atoms with van der Waals surface area (Å²) in [7, 11) is 1.51. The van der Waals surface area contributed by atoms with Gasteiger partial charge in [-0.25, -0.2) is 4.79 Å². The smallest absolute Gasteiger partial charge is 0.328 e. The summed E-state index contributed by atoms with van der Waals surface area (Å²) in [4.78, 5) is 10.4. The SMILES string of the molecule is COc1cc(/C=C/c2ccc(/C=C/C(=O)O)cc2)ccc1O. The molecule has 0 bridgehead atoms. The highest BCUT2D eigenvalue weighted by Crippen LogP contribution is 2.27. The second-order valence-electron chi connectivity index (χ2n) is 4.60. The van der Waals surface area contributed by atoms with Crippen molar-refractivity contribution >= 4 is 24.2 Å². The fourth-order valence-corrected chi connectivity index (χ4v) is 1.88. The Bertz CT molecular complexity index is 712. The van der Waals surface area contributed by atoms with Gasteiger partial charge in [-0.15, -0.1) is 0 Å². The molecule has 2 aromatic carbocycles. The van der Waals surface area contributed by atoms with E-state index in [4.69, 9.17) is 9.84 Å². The predicted molar refractivity (Wildman–Crippen MR) is 86.7 cm³/mol. The Labute approximate surface area is 128 Å². The van der Waals surface area contributed by atoms with Crippen LogP contribution in [0.5, 0.6) is 11.5 Å². The van der Waals surface area contributed by atoms with Crippen LogP contribution in [0.3, 0.4) is 0 Å². The predicted octanol–water partition coefficient (Wildman–Crippen LogP) is 3.67. The fourth-order valence-electron chi connectivity index (χ4n) is 1.88. The van der Waals surface area contributed by atoms with E-state index in [1.165, 1.54) is 7.11 Å². The summed E-state index contributed by atoms with van der Waals surface area (Å²) in [6, 6.07) is 12.6. The minimum atomic E-state index is -0.967. The number of rotatable bonds is 5. The van der Waals surface area contributed by atoms with Crippen molar-refractivity contribution in [2.45, 2.75) is 0 Å². The third-order valence-electron chi connectivity index (χ3n) is 3.03.